The van der Waals surface area contributed by atoms with Gasteiger partial charge < -0.3 is 0 Å². The zero-order valence-corrected chi connectivity index (χ0v) is 10.6. The molecule has 1 aliphatic heterocycles. The Balaban J connectivity index is 2.31. The van der Waals surface area contributed by atoms with Gasteiger partial charge in [0.1, 0.15) is 0 Å². The minimum atomic E-state index is -1.84. The van der Waals surface area contributed by atoms with Gasteiger partial charge in [-0.3, -0.25) is 0 Å². The van der Waals surface area contributed by atoms with Gasteiger partial charge in [-0.05, 0) is 0 Å². The van der Waals surface area contributed by atoms with Crippen molar-refractivity contribution < 1.29 is 15.0 Å². The summed E-state index contributed by atoms with van der Waals surface area (Å²) in [5.74, 6) is -0.402. The molecule has 1 aliphatic rings. The van der Waals surface area contributed by atoms with Gasteiger partial charge in [0.15, 0.2) is 0 Å². The van der Waals surface area contributed by atoms with Crippen molar-refractivity contribution in [2.75, 3.05) is 0 Å². The third kappa shape index (κ3) is 4.03. The van der Waals surface area contributed by atoms with E-state index in [1.165, 1.54) is 0 Å². The van der Waals surface area contributed by atoms with Gasteiger partial charge in [-0.25, -0.2) is 0 Å². The molecule has 0 unspecified atom stereocenters. The monoisotopic (exact) mass is 366 g/mol. The second-order valence-corrected chi connectivity index (χ2v) is 4.83. The molecular formula is C7H10O4Pb. The van der Waals surface area contributed by atoms with E-state index in [1.54, 1.807) is 0 Å². The first-order valence-electron chi connectivity index (χ1n) is 3.93. The predicted octanol–water partition coefficient (Wildman–Crippen LogP) is 0.571. The molecule has 0 spiro atoms. The third-order valence-electron chi connectivity index (χ3n) is 1.57. The zero-order valence-electron chi connectivity index (χ0n) is 6.67. The molecule has 0 atom stereocenters. The molecule has 0 aromatic carbocycles. The molecule has 2 radical (unpaired) electrons. The number of rotatable bonds is 0. The van der Waals surface area contributed by atoms with Crippen molar-refractivity contribution in [3.05, 3.63) is 0 Å². The quantitative estimate of drug-likeness (QED) is 0.589. The molecule has 0 aromatic heterocycles. The van der Waals surface area contributed by atoms with Crippen LogP contribution in [-0.4, -0.2) is 37.1 Å². The number of hydrogen-bond acceptors (Lipinski definition) is 4. The van der Waals surface area contributed by atoms with Crippen molar-refractivity contribution in [2.24, 2.45) is 0 Å². The molecule has 4 nitrogen and oxygen atoms in total. The summed E-state index contributed by atoms with van der Waals surface area (Å²) in [6, 6.07) is 0. The Hall–Kier alpha value is -0.138. The van der Waals surface area contributed by atoms with E-state index in [0.717, 1.165) is 19.3 Å². The molecule has 1 saturated heterocycles. The third-order valence-corrected chi connectivity index (χ3v) is 3.99. The number of hydrogen-bond donors (Lipinski definition) is 0. The van der Waals surface area contributed by atoms with Gasteiger partial charge in [-0.2, -0.15) is 0 Å². The van der Waals surface area contributed by atoms with Crippen LogP contribution in [0.3, 0.4) is 0 Å². The van der Waals surface area contributed by atoms with Crippen LogP contribution < -0.4 is 0 Å². The van der Waals surface area contributed by atoms with E-state index in [4.69, 9.17) is 5.37 Å². The zero-order chi connectivity index (χ0) is 8.81. The van der Waals surface area contributed by atoms with E-state index >= 15 is 0 Å². The summed E-state index contributed by atoms with van der Waals surface area (Å²) in [4.78, 5) is 21.7. The summed E-state index contributed by atoms with van der Waals surface area (Å²) in [5, 5.41) is 0. The minimum absolute atomic E-state index is 0.201. The van der Waals surface area contributed by atoms with Crippen molar-refractivity contribution in [3.63, 3.8) is 0 Å². The van der Waals surface area contributed by atoms with Crippen molar-refractivity contribution in [1.29, 1.82) is 0 Å². The molecule has 12 heavy (non-hydrogen) atoms. The van der Waals surface area contributed by atoms with Crippen LogP contribution in [0.4, 0.5) is 0 Å². The van der Waals surface area contributed by atoms with Gasteiger partial charge in [0.05, 0.1) is 0 Å². The average Bonchev–Trinajstić information content (AvgIpc) is 2.04. The van der Waals surface area contributed by atoms with Crippen molar-refractivity contribution in [2.45, 2.75) is 32.1 Å². The van der Waals surface area contributed by atoms with Crippen LogP contribution in [0.5, 0.6) is 0 Å². The number of carbonyl (C=O) groups excluding carboxylic acids is 2. The molecular weight excluding hydrogens is 355 g/mol. The first-order chi connectivity index (χ1) is 5.79. The van der Waals surface area contributed by atoms with Crippen LogP contribution in [-0.2, 0) is 15.0 Å². The molecule has 0 aromatic rings. The molecule has 0 amide bonds. The Labute approximate surface area is 84.1 Å². The van der Waals surface area contributed by atoms with E-state index in [0.29, 0.717) is 12.8 Å². The Bertz CT molecular complexity index is 162. The van der Waals surface area contributed by atoms with Gasteiger partial charge in [-0.15, -0.1) is 0 Å². The Kier molecular flexibility index (Phi) is 4.56. The van der Waals surface area contributed by atoms with E-state index in [-0.39, 0.29) is 11.9 Å². The standard InChI is InChI=1S/C7H12O4.Pb/c8-6(9)4-2-1-3-5-7(10)11;/h1-5H2,(H,8,9)(H,10,11);/q;+2/p-2. The molecule has 1 rings (SSSR count). The van der Waals surface area contributed by atoms with Crippen LogP contribution in [0.1, 0.15) is 32.1 Å². The van der Waals surface area contributed by atoms with Gasteiger partial charge in [-0.1, -0.05) is 0 Å². The Morgan fingerprint density at radius 3 is 1.92 bits per heavy atom. The molecule has 5 heteroatoms. The maximum atomic E-state index is 10.8. The topological polar surface area (TPSA) is 52.6 Å². The van der Waals surface area contributed by atoms with Gasteiger partial charge >= 0.3 is 84.1 Å². The average molecular weight is 365 g/mol. The summed E-state index contributed by atoms with van der Waals surface area (Å²) in [5.41, 5.74) is 0. The molecule has 0 saturated carbocycles. The predicted molar refractivity (Wildman–Crippen MR) is 41.0 cm³/mol. The molecule has 66 valence electrons. The van der Waals surface area contributed by atoms with Gasteiger partial charge in [0.25, 0.3) is 0 Å². The fraction of sp³-hybridized carbons (Fsp3) is 0.714. The fourth-order valence-corrected chi connectivity index (χ4v) is 2.61. The normalized spacial score (nSPS) is 21.0. The maximum absolute atomic E-state index is 10.8. The fourth-order valence-electron chi connectivity index (χ4n) is 0.931. The molecule has 0 N–H and O–H groups in total. The first-order valence-corrected chi connectivity index (χ1v) is 7.11. The second kappa shape index (κ2) is 5.50. The summed E-state index contributed by atoms with van der Waals surface area (Å²) >= 11 is -1.84. The van der Waals surface area contributed by atoms with Crippen LogP contribution in [0.15, 0.2) is 0 Å². The van der Waals surface area contributed by atoms with Gasteiger partial charge in [0.2, 0.25) is 0 Å². The molecule has 1 heterocycles. The van der Waals surface area contributed by atoms with E-state index in [1.807, 2.05) is 0 Å². The Morgan fingerprint density at radius 1 is 0.917 bits per heavy atom. The van der Waals surface area contributed by atoms with Crippen LogP contribution in [0, 0.1) is 0 Å². The first kappa shape index (κ1) is 9.95. The van der Waals surface area contributed by atoms with E-state index < -0.39 is 25.1 Å². The molecule has 1 fully saturated rings. The van der Waals surface area contributed by atoms with Crippen molar-refractivity contribution >= 4 is 37.1 Å². The SMILES string of the molecule is O=C1CCCCCC(=O)[O][Pb][O]1. The van der Waals surface area contributed by atoms with E-state index in [2.05, 4.69) is 0 Å². The summed E-state index contributed by atoms with van der Waals surface area (Å²) < 4.78 is 9.60. The van der Waals surface area contributed by atoms with Crippen molar-refractivity contribution in [3.8, 4) is 0 Å². The summed E-state index contributed by atoms with van der Waals surface area (Å²) in [6.07, 6.45) is 3.51. The summed E-state index contributed by atoms with van der Waals surface area (Å²) in [6.45, 7) is 0. The van der Waals surface area contributed by atoms with Crippen LogP contribution in [0.2, 0.25) is 0 Å². The molecule has 0 aliphatic carbocycles. The summed E-state index contributed by atoms with van der Waals surface area (Å²) in [7, 11) is 0. The van der Waals surface area contributed by atoms with Crippen LogP contribution >= 0.6 is 0 Å². The Morgan fingerprint density at radius 2 is 1.42 bits per heavy atom. The molecule has 0 bridgehead atoms. The van der Waals surface area contributed by atoms with E-state index in [9.17, 15) is 9.59 Å². The van der Waals surface area contributed by atoms with Gasteiger partial charge in [0, 0.05) is 0 Å². The van der Waals surface area contributed by atoms with Crippen LogP contribution in [0.25, 0.3) is 0 Å². The van der Waals surface area contributed by atoms with Crippen molar-refractivity contribution in [1.82, 2.24) is 0 Å². The number of carbonyl (C=O) groups is 2. The second-order valence-electron chi connectivity index (χ2n) is 2.59.